The summed E-state index contributed by atoms with van der Waals surface area (Å²) in [6.45, 7) is 4.10. The molecule has 9 heteroatoms. The molecule has 2 aromatic carbocycles. The van der Waals surface area contributed by atoms with Gasteiger partial charge < -0.3 is 14.8 Å². The minimum absolute atomic E-state index is 0.288. The number of halogens is 1. The highest BCUT2D eigenvalue weighted by atomic mass is 35.5. The first-order valence-electron chi connectivity index (χ1n) is 8.61. The van der Waals surface area contributed by atoms with E-state index in [0.29, 0.717) is 28.5 Å². The van der Waals surface area contributed by atoms with Crippen LogP contribution in [0.2, 0.25) is 5.02 Å². The van der Waals surface area contributed by atoms with E-state index < -0.39 is 18.0 Å². The molecule has 1 amide bonds. The monoisotopic (exact) mass is 402 g/mol. The molecule has 0 aliphatic rings. The van der Waals surface area contributed by atoms with Crippen LogP contribution in [-0.2, 0) is 16.1 Å². The fourth-order valence-corrected chi connectivity index (χ4v) is 2.80. The zero-order valence-corrected chi connectivity index (χ0v) is 16.4. The van der Waals surface area contributed by atoms with Crippen LogP contribution in [-0.4, -0.2) is 40.1 Å². The van der Waals surface area contributed by atoms with Crippen LogP contribution in [0.4, 0.5) is 5.69 Å². The molecule has 3 rings (SSSR count). The van der Waals surface area contributed by atoms with E-state index in [2.05, 4.69) is 15.6 Å². The number of nitrogens with zero attached hydrogens (tertiary/aromatic N) is 3. The number of fused-ring (bicyclic) bond motifs is 1. The molecule has 28 heavy (non-hydrogen) atoms. The number of nitrogens with one attached hydrogen (secondary N) is 1. The standard InChI is InChI=1S/C19H19ClN4O4/c1-4-24-16-7-5-12(9-14(16)22-23-24)19(26)28-11(2)18(25)21-15-10-13(20)6-8-17(15)27-3/h5-11H,4H2,1-3H3,(H,21,25)/t11-/m1/s1. The maximum atomic E-state index is 12.4. The van der Waals surface area contributed by atoms with Crippen LogP contribution >= 0.6 is 11.6 Å². The van der Waals surface area contributed by atoms with Crippen LogP contribution in [0.15, 0.2) is 36.4 Å². The van der Waals surface area contributed by atoms with E-state index in [9.17, 15) is 9.59 Å². The highest BCUT2D eigenvalue weighted by Crippen LogP contribution is 2.28. The number of carbonyl (C=O) groups is 2. The molecule has 8 nitrogen and oxygen atoms in total. The third-order valence-electron chi connectivity index (χ3n) is 4.12. The molecule has 146 valence electrons. The van der Waals surface area contributed by atoms with Crippen molar-refractivity contribution in [3.63, 3.8) is 0 Å². The largest absolute Gasteiger partial charge is 0.495 e. The van der Waals surface area contributed by atoms with Crippen molar-refractivity contribution in [3.05, 3.63) is 47.0 Å². The molecule has 0 fully saturated rings. The lowest BCUT2D eigenvalue weighted by Gasteiger charge is -2.15. The number of rotatable bonds is 6. The van der Waals surface area contributed by atoms with E-state index in [-0.39, 0.29) is 5.56 Å². The van der Waals surface area contributed by atoms with Gasteiger partial charge in [0, 0.05) is 11.6 Å². The molecule has 1 heterocycles. The van der Waals surface area contributed by atoms with Crippen LogP contribution in [0.5, 0.6) is 5.75 Å². The maximum Gasteiger partial charge on any atom is 0.338 e. The van der Waals surface area contributed by atoms with Crippen molar-refractivity contribution in [1.82, 2.24) is 15.0 Å². The number of hydrogen-bond acceptors (Lipinski definition) is 6. The van der Waals surface area contributed by atoms with Crippen LogP contribution in [0.3, 0.4) is 0 Å². The summed E-state index contributed by atoms with van der Waals surface area (Å²) >= 11 is 5.96. The fourth-order valence-electron chi connectivity index (χ4n) is 2.63. The Morgan fingerprint density at radius 1 is 1.25 bits per heavy atom. The van der Waals surface area contributed by atoms with Crippen molar-refractivity contribution < 1.29 is 19.1 Å². The second-order valence-corrected chi connectivity index (χ2v) is 6.43. The number of aryl methyl sites for hydroxylation is 1. The Kier molecular flexibility index (Phi) is 5.79. The summed E-state index contributed by atoms with van der Waals surface area (Å²) in [5.41, 5.74) is 2.08. The first-order chi connectivity index (χ1) is 13.4. The molecular formula is C19H19ClN4O4. The normalized spacial score (nSPS) is 11.9. The second-order valence-electron chi connectivity index (χ2n) is 5.99. The van der Waals surface area contributed by atoms with Crippen LogP contribution in [0.1, 0.15) is 24.2 Å². The van der Waals surface area contributed by atoms with Crippen molar-refractivity contribution in [1.29, 1.82) is 0 Å². The minimum atomic E-state index is -1.03. The lowest BCUT2D eigenvalue weighted by atomic mass is 10.2. The Morgan fingerprint density at radius 3 is 2.75 bits per heavy atom. The van der Waals surface area contributed by atoms with Gasteiger partial charge in [-0.2, -0.15) is 0 Å². The van der Waals surface area contributed by atoms with Crippen molar-refractivity contribution in [2.24, 2.45) is 0 Å². The van der Waals surface area contributed by atoms with Gasteiger partial charge in [0.15, 0.2) is 6.10 Å². The number of hydrogen-bond donors (Lipinski definition) is 1. The lowest BCUT2D eigenvalue weighted by molar-refractivity contribution is -0.123. The molecule has 0 spiro atoms. The van der Waals surface area contributed by atoms with Crippen molar-refractivity contribution in [3.8, 4) is 5.75 Å². The Balaban J connectivity index is 1.70. The molecule has 3 aromatic rings. The zero-order valence-electron chi connectivity index (χ0n) is 15.6. The number of ether oxygens (including phenoxy) is 2. The summed E-state index contributed by atoms with van der Waals surface area (Å²) < 4.78 is 12.2. The third-order valence-corrected chi connectivity index (χ3v) is 4.36. The molecule has 0 bridgehead atoms. The highest BCUT2D eigenvalue weighted by Gasteiger charge is 2.21. The van der Waals surface area contributed by atoms with Crippen molar-refractivity contribution in [2.45, 2.75) is 26.5 Å². The first-order valence-corrected chi connectivity index (χ1v) is 8.99. The van der Waals surface area contributed by atoms with Gasteiger partial charge in [0.25, 0.3) is 5.91 Å². The molecular weight excluding hydrogens is 384 g/mol. The summed E-state index contributed by atoms with van der Waals surface area (Å²) in [5, 5.41) is 11.1. The average molecular weight is 403 g/mol. The summed E-state index contributed by atoms with van der Waals surface area (Å²) in [6.07, 6.45) is -1.03. The van der Waals surface area contributed by atoms with Gasteiger partial charge in [-0.3, -0.25) is 4.79 Å². The molecule has 0 saturated carbocycles. The number of benzene rings is 2. The summed E-state index contributed by atoms with van der Waals surface area (Å²) in [5.74, 6) is -0.693. The topological polar surface area (TPSA) is 95.3 Å². The van der Waals surface area contributed by atoms with Gasteiger partial charge in [0.2, 0.25) is 0 Å². The second kappa shape index (κ2) is 8.26. The van der Waals surface area contributed by atoms with Gasteiger partial charge in [-0.25, -0.2) is 9.48 Å². The van der Waals surface area contributed by atoms with Crippen LogP contribution in [0, 0.1) is 0 Å². The quantitative estimate of drug-likeness (QED) is 0.635. The van der Waals surface area contributed by atoms with E-state index in [0.717, 1.165) is 5.52 Å². The smallest absolute Gasteiger partial charge is 0.338 e. The van der Waals surface area contributed by atoms with E-state index in [1.165, 1.54) is 14.0 Å². The van der Waals surface area contributed by atoms with Crippen LogP contribution < -0.4 is 10.1 Å². The third kappa shape index (κ3) is 4.07. The fraction of sp³-hybridized carbons (Fsp3) is 0.263. The Bertz CT molecular complexity index is 1030. The summed E-state index contributed by atoms with van der Waals surface area (Å²) in [6, 6.07) is 9.78. The van der Waals surface area contributed by atoms with Crippen molar-refractivity contribution >= 4 is 40.2 Å². The summed E-state index contributed by atoms with van der Waals surface area (Å²) in [7, 11) is 1.48. The Morgan fingerprint density at radius 2 is 2.04 bits per heavy atom. The van der Waals surface area contributed by atoms with Gasteiger partial charge in [-0.05, 0) is 50.2 Å². The van der Waals surface area contributed by atoms with E-state index >= 15 is 0 Å². The number of methoxy groups -OCH3 is 1. The number of anilines is 1. The molecule has 1 aromatic heterocycles. The molecule has 1 atom stereocenters. The number of aromatic nitrogens is 3. The van der Waals surface area contributed by atoms with Gasteiger partial charge >= 0.3 is 5.97 Å². The minimum Gasteiger partial charge on any atom is -0.495 e. The number of amides is 1. The molecule has 0 saturated heterocycles. The SMILES string of the molecule is CCn1nnc2cc(C(=O)O[C@H](C)C(=O)Nc3cc(Cl)ccc3OC)ccc21. The molecule has 0 unspecified atom stereocenters. The summed E-state index contributed by atoms with van der Waals surface area (Å²) in [4.78, 5) is 24.8. The zero-order chi connectivity index (χ0) is 20.3. The Hall–Kier alpha value is -3.13. The van der Waals surface area contributed by atoms with Gasteiger partial charge in [-0.1, -0.05) is 16.8 Å². The highest BCUT2D eigenvalue weighted by molar-refractivity contribution is 6.31. The van der Waals surface area contributed by atoms with E-state index in [4.69, 9.17) is 21.1 Å². The molecule has 0 radical (unpaired) electrons. The van der Waals surface area contributed by atoms with Gasteiger partial charge in [0.1, 0.15) is 11.3 Å². The Labute approximate surface area is 166 Å². The van der Waals surface area contributed by atoms with Gasteiger partial charge in [0.05, 0.1) is 23.9 Å². The maximum absolute atomic E-state index is 12.4. The van der Waals surface area contributed by atoms with Crippen LogP contribution in [0.25, 0.3) is 11.0 Å². The number of esters is 1. The average Bonchev–Trinajstić information content (AvgIpc) is 3.10. The first kappa shape index (κ1) is 19.6. The number of carbonyl (C=O) groups excluding carboxylic acids is 2. The molecule has 1 N–H and O–H groups in total. The van der Waals surface area contributed by atoms with E-state index in [1.54, 1.807) is 41.1 Å². The molecule has 0 aliphatic heterocycles. The predicted octanol–water partition coefficient (Wildman–Crippen LogP) is 3.30. The van der Waals surface area contributed by atoms with E-state index in [1.807, 2.05) is 6.92 Å². The lowest BCUT2D eigenvalue weighted by Crippen LogP contribution is -2.30. The predicted molar refractivity (Wildman–Crippen MR) is 105 cm³/mol. The molecule has 0 aliphatic carbocycles. The van der Waals surface area contributed by atoms with Gasteiger partial charge in [-0.15, -0.1) is 5.10 Å². The van der Waals surface area contributed by atoms with Crippen molar-refractivity contribution in [2.75, 3.05) is 12.4 Å².